The van der Waals surface area contributed by atoms with Gasteiger partial charge in [-0.25, -0.2) is 0 Å². The van der Waals surface area contributed by atoms with E-state index in [9.17, 15) is 0 Å². The predicted octanol–water partition coefficient (Wildman–Crippen LogP) is 2.85. The normalized spacial score (nSPS) is 24.9. The highest BCUT2D eigenvalue weighted by Gasteiger charge is 2.17. The molecule has 1 nitrogen and oxygen atoms in total. The number of hydrogen-bond acceptors (Lipinski definition) is 2. The van der Waals surface area contributed by atoms with Gasteiger partial charge in [0.05, 0.1) is 0 Å². The Hall–Kier alpha value is 0.790. The Bertz CT molecular complexity index is 132. The van der Waals surface area contributed by atoms with E-state index in [2.05, 4.69) is 27.1 Å². The number of piperidine rings is 1. The van der Waals surface area contributed by atoms with Gasteiger partial charge in [-0.05, 0) is 50.3 Å². The third-order valence-corrected chi connectivity index (χ3v) is 4.26. The van der Waals surface area contributed by atoms with Crippen LogP contribution in [0.3, 0.4) is 0 Å². The van der Waals surface area contributed by atoms with E-state index >= 15 is 0 Å². The van der Waals surface area contributed by atoms with Crippen molar-refractivity contribution in [3.63, 3.8) is 0 Å². The molecule has 0 aromatic rings. The summed E-state index contributed by atoms with van der Waals surface area (Å²) in [5.41, 5.74) is 0. The summed E-state index contributed by atoms with van der Waals surface area (Å²) < 4.78 is 0. The summed E-state index contributed by atoms with van der Waals surface area (Å²) in [5.74, 6) is 2.22. The quantitative estimate of drug-likeness (QED) is 0.556. The number of hydrogen-bond donors (Lipinski definition) is 0. The first-order valence-electron chi connectivity index (χ1n) is 5.14. The van der Waals surface area contributed by atoms with Crippen LogP contribution < -0.4 is 0 Å². The zero-order valence-electron chi connectivity index (χ0n) is 8.47. The molecule has 1 fully saturated rings. The molecule has 0 amide bonds. The average Bonchev–Trinajstić information content (AvgIpc) is 2.19. The summed E-state index contributed by atoms with van der Waals surface area (Å²) in [4.78, 5) is 2.63. The van der Waals surface area contributed by atoms with Crippen LogP contribution in [0.25, 0.3) is 0 Å². The van der Waals surface area contributed by atoms with Crippen LogP contribution in [0.1, 0.15) is 19.3 Å². The van der Waals surface area contributed by atoms with Crippen LogP contribution >= 0.6 is 27.7 Å². The summed E-state index contributed by atoms with van der Waals surface area (Å²) in [6.45, 7) is 3.96. The van der Waals surface area contributed by atoms with E-state index in [1.54, 1.807) is 0 Å². The van der Waals surface area contributed by atoms with Crippen molar-refractivity contribution in [3.8, 4) is 0 Å². The molecule has 0 aromatic heterocycles. The Morgan fingerprint density at radius 2 is 2.38 bits per heavy atom. The first-order chi connectivity index (χ1) is 6.36. The Balaban J connectivity index is 2.11. The lowest BCUT2D eigenvalue weighted by Gasteiger charge is -2.31. The van der Waals surface area contributed by atoms with E-state index < -0.39 is 0 Å². The van der Waals surface area contributed by atoms with Crippen LogP contribution in [-0.4, -0.2) is 41.9 Å². The van der Waals surface area contributed by atoms with Gasteiger partial charge in [-0.15, -0.1) is 0 Å². The summed E-state index contributed by atoms with van der Waals surface area (Å²) in [7, 11) is 0. The van der Waals surface area contributed by atoms with Gasteiger partial charge in [-0.3, -0.25) is 0 Å². The maximum Gasteiger partial charge on any atom is 0.00718 e. The molecule has 0 aliphatic carbocycles. The van der Waals surface area contributed by atoms with E-state index in [-0.39, 0.29) is 0 Å². The van der Waals surface area contributed by atoms with Crippen LogP contribution in [0.15, 0.2) is 0 Å². The molecule has 0 saturated carbocycles. The van der Waals surface area contributed by atoms with Gasteiger partial charge in [0.1, 0.15) is 0 Å². The minimum atomic E-state index is 0.906. The van der Waals surface area contributed by atoms with Gasteiger partial charge in [-0.1, -0.05) is 15.9 Å². The summed E-state index contributed by atoms with van der Waals surface area (Å²) in [6, 6.07) is 0. The van der Waals surface area contributed by atoms with Gasteiger partial charge >= 0.3 is 0 Å². The van der Waals surface area contributed by atoms with Crippen molar-refractivity contribution >= 4 is 27.7 Å². The Labute approximate surface area is 94.8 Å². The molecule has 0 N–H and O–H groups in total. The summed E-state index contributed by atoms with van der Waals surface area (Å²) in [6.07, 6.45) is 6.37. The maximum absolute atomic E-state index is 3.59. The van der Waals surface area contributed by atoms with Crippen molar-refractivity contribution in [1.82, 2.24) is 4.90 Å². The van der Waals surface area contributed by atoms with Gasteiger partial charge in [0.2, 0.25) is 0 Å². The largest absolute Gasteiger partial charge is 0.303 e. The van der Waals surface area contributed by atoms with E-state index in [1.165, 1.54) is 50.0 Å². The number of thioether (sulfide) groups is 1. The monoisotopic (exact) mass is 265 g/mol. The van der Waals surface area contributed by atoms with Crippen LogP contribution in [0, 0.1) is 5.92 Å². The molecule has 1 aliphatic rings. The second-order valence-corrected chi connectivity index (χ2v) is 5.44. The Kier molecular flexibility index (Phi) is 6.51. The summed E-state index contributed by atoms with van der Waals surface area (Å²) >= 11 is 5.55. The number of rotatable bonds is 5. The Morgan fingerprint density at radius 1 is 1.54 bits per heavy atom. The molecule has 1 unspecified atom stereocenters. The first-order valence-corrected chi connectivity index (χ1v) is 7.65. The Morgan fingerprint density at radius 3 is 3.08 bits per heavy atom. The van der Waals surface area contributed by atoms with Crippen LogP contribution in [0.2, 0.25) is 0 Å². The van der Waals surface area contributed by atoms with Crippen molar-refractivity contribution in [2.75, 3.05) is 37.0 Å². The molecule has 0 bridgehead atoms. The molecular weight excluding hydrogens is 246 g/mol. The third kappa shape index (κ3) is 4.71. The van der Waals surface area contributed by atoms with Crippen molar-refractivity contribution < 1.29 is 0 Å². The van der Waals surface area contributed by atoms with Gasteiger partial charge in [-0.2, -0.15) is 11.8 Å². The van der Waals surface area contributed by atoms with Gasteiger partial charge in [0, 0.05) is 11.9 Å². The van der Waals surface area contributed by atoms with Gasteiger partial charge in [0.25, 0.3) is 0 Å². The molecule has 1 rings (SSSR count). The lowest BCUT2D eigenvalue weighted by atomic mass is 10.0. The highest BCUT2D eigenvalue weighted by atomic mass is 79.9. The molecule has 1 atom stereocenters. The number of alkyl halides is 1. The van der Waals surface area contributed by atoms with Crippen LogP contribution in [-0.2, 0) is 0 Å². The molecule has 78 valence electrons. The van der Waals surface area contributed by atoms with E-state index in [0.717, 1.165) is 5.92 Å². The van der Waals surface area contributed by atoms with Crippen molar-refractivity contribution in [2.45, 2.75) is 19.3 Å². The average molecular weight is 266 g/mol. The highest BCUT2D eigenvalue weighted by molar-refractivity contribution is 9.09. The number of halogens is 1. The fraction of sp³-hybridized carbons (Fsp3) is 1.00. The minimum Gasteiger partial charge on any atom is -0.303 e. The lowest BCUT2D eigenvalue weighted by molar-refractivity contribution is 0.187. The SMILES string of the molecule is CSCCCN1CCCC(CBr)C1. The molecular formula is C10H20BrNS. The highest BCUT2D eigenvalue weighted by Crippen LogP contribution is 2.18. The predicted molar refractivity (Wildman–Crippen MR) is 66.0 cm³/mol. The zero-order chi connectivity index (χ0) is 9.52. The second-order valence-electron chi connectivity index (χ2n) is 3.81. The van der Waals surface area contributed by atoms with Crippen molar-refractivity contribution in [2.24, 2.45) is 5.92 Å². The van der Waals surface area contributed by atoms with E-state index in [0.29, 0.717) is 0 Å². The second kappa shape index (κ2) is 7.13. The number of nitrogens with zero attached hydrogens (tertiary/aromatic N) is 1. The molecule has 1 aliphatic heterocycles. The maximum atomic E-state index is 3.59. The molecule has 0 radical (unpaired) electrons. The lowest BCUT2D eigenvalue weighted by Crippen LogP contribution is -2.36. The smallest absolute Gasteiger partial charge is 0.00718 e. The minimum absolute atomic E-state index is 0.906. The van der Waals surface area contributed by atoms with E-state index in [1.807, 2.05) is 11.8 Å². The molecule has 0 spiro atoms. The van der Waals surface area contributed by atoms with Gasteiger partial charge in [0.15, 0.2) is 0 Å². The van der Waals surface area contributed by atoms with Crippen LogP contribution in [0.5, 0.6) is 0 Å². The first kappa shape index (κ1) is 11.9. The van der Waals surface area contributed by atoms with Gasteiger partial charge < -0.3 is 4.90 Å². The topological polar surface area (TPSA) is 3.24 Å². The van der Waals surface area contributed by atoms with Crippen molar-refractivity contribution in [1.29, 1.82) is 0 Å². The molecule has 13 heavy (non-hydrogen) atoms. The van der Waals surface area contributed by atoms with Crippen LogP contribution in [0.4, 0.5) is 0 Å². The molecule has 0 aromatic carbocycles. The van der Waals surface area contributed by atoms with Crippen molar-refractivity contribution in [3.05, 3.63) is 0 Å². The third-order valence-electron chi connectivity index (χ3n) is 2.64. The summed E-state index contributed by atoms with van der Waals surface area (Å²) in [5, 5.41) is 1.19. The number of likely N-dealkylation sites (tertiary alicyclic amines) is 1. The molecule has 1 heterocycles. The fourth-order valence-electron chi connectivity index (χ4n) is 1.91. The standard InChI is InChI=1S/C10H20BrNS/c1-13-7-3-6-12-5-2-4-10(8-11)9-12/h10H,2-9H2,1H3. The van der Waals surface area contributed by atoms with E-state index in [4.69, 9.17) is 0 Å². The molecule has 3 heteroatoms. The molecule has 1 saturated heterocycles. The zero-order valence-corrected chi connectivity index (χ0v) is 10.9. The fourth-order valence-corrected chi connectivity index (χ4v) is 2.86.